The predicted molar refractivity (Wildman–Crippen MR) is 68.6 cm³/mol. The van der Waals surface area contributed by atoms with E-state index in [1.165, 1.54) is 0 Å². The minimum atomic E-state index is -0.0112. The van der Waals surface area contributed by atoms with Gasteiger partial charge in [-0.2, -0.15) is 0 Å². The van der Waals surface area contributed by atoms with E-state index < -0.39 is 0 Å². The maximum Gasteiger partial charge on any atom is 0.202 e. The smallest absolute Gasteiger partial charge is 0.202 e. The zero-order chi connectivity index (χ0) is 13.0. The van der Waals surface area contributed by atoms with Crippen molar-refractivity contribution < 1.29 is 13.9 Å². The number of aryl methyl sites for hydroxylation is 1. The number of furan rings is 1. The molecule has 0 atom stereocenters. The number of carbonyl (C=O) groups excluding carboxylic acids is 1. The number of ether oxygens (including phenoxy) is 1. The van der Waals surface area contributed by atoms with Gasteiger partial charge in [0.1, 0.15) is 12.4 Å². The van der Waals surface area contributed by atoms with E-state index in [2.05, 4.69) is 0 Å². The molecule has 0 unspecified atom stereocenters. The molecule has 18 heavy (non-hydrogen) atoms. The van der Waals surface area contributed by atoms with E-state index in [9.17, 15) is 4.79 Å². The summed E-state index contributed by atoms with van der Waals surface area (Å²) in [7, 11) is 1.59. The van der Waals surface area contributed by atoms with Crippen LogP contribution in [0.2, 0.25) is 0 Å². The number of hydrogen-bond donors (Lipinski definition) is 0. The molecule has 2 aromatic rings. The van der Waals surface area contributed by atoms with Crippen LogP contribution in [0.5, 0.6) is 0 Å². The average molecular weight is 244 g/mol. The summed E-state index contributed by atoms with van der Waals surface area (Å²) in [6, 6.07) is 11.4. The fourth-order valence-corrected chi connectivity index (χ4v) is 1.84. The van der Waals surface area contributed by atoms with Gasteiger partial charge in [0.05, 0.1) is 0 Å². The molecule has 0 aliphatic carbocycles. The molecule has 0 saturated carbocycles. The van der Waals surface area contributed by atoms with Gasteiger partial charge in [0.25, 0.3) is 0 Å². The van der Waals surface area contributed by atoms with Gasteiger partial charge in [0.2, 0.25) is 5.78 Å². The summed E-state index contributed by atoms with van der Waals surface area (Å²) < 4.78 is 10.4. The second-order valence-corrected chi connectivity index (χ2v) is 4.29. The van der Waals surface area contributed by atoms with Gasteiger partial charge in [-0.25, -0.2) is 0 Å². The van der Waals surface area contributed by atoms with Crippen molar-refractivity contribution in [3.8, 4) is 0 Å². The maximum atomic E-state index is 12.0. The van der Waals surface area contributed by atoms with Crippen molar-refractivity contribution in [1.82, 2.24) is 0 Å². The van der Waals surface area contributed by atoms with Crippen molar-refractivity contribution in [3.05, 3.63) is 59.0 Å². The van der Waals surface area contributed by atoms with Gasteiger partial charge < -0.3 is 9.15 Å². The summed E-state index contributed by atoms with van der Waals surface area (Å²) in [6.07, 6.45) is 0.363. The van der Waals surface area contributed by atoms with E-state index in [1.807, 2.05) is 31.2 Å². The molecule has 0 amide bonds. The number of rotatable bonds is 5. The number of carbonyl (C=O) groups is 1. The first-order chi connectivity index (χ1) is 8.69. The Balaban J connectivity index is 2.07. The van der Waals surface area contributed by atoms with E-state index in [-0.39, 0.29) is 5.78 Å². The first kappa shape index (κ1) is 12.6. The van der Waals surface area contributed by atoms with Crippen LogP contribution in [0.4, 0.5) is 0 Å². The van der Waals surface area contributed by atoms with Crippen LogP contribution >= 0.6 is 0 Å². The Morgan fingerprint density at radius 1 is 1.28 bits per heavy atom. The van der Waals surface area contributed by atoms with Gasteiger partial charge >= 0.3 is 0 Å². The molecule has 1 heterocycles. The number of benzene rings is 1. The molecule has 1 aromatic carbocycles. The lowest BCUT2D eigenvalue weighted by Gasteiger charge is -2.00. The molecule has 0 fully saturated rings. The van der Waals surface area contributed by atoms with E-state index in [1.54, 1.807) is 19.2 Å². The van der Waals surface area contributed by atoms with Crippen molar-refractivity contribution in [3.63, 3.8) is 0 Å². The van der Waals surface area contributed by atoms with Gasteiger partial charge in [0.15, 0.2) is 5.76 Å². The predicted octanol–water partition coefficient (Wildman–Crippen LogP) is 3.16. The summed E-state index contributed by atoms with van der Waals surface area (Å²) >= 11 is 0. The minimum absolute atomic E-state index is 0.0112. The first-order valence-corrected chi connectivity index (χ1v) is 5.85. The molecule has 2 rings (SSSR count). The molecule has 3 heteroatoms. The fourth-order valence-electron chi connectivity index (χ4n) is 1.84. The SMILES string of the molecule is COCc1ccc(C(=O)Cc2cccc(C)c2)o1. The quantitative estimate of drug-likeness (QED) is 0.758. The van der Waals surface area contributed by atoms with Crippen LogP contribution in [0.15, 0.2) is 40.8 Å². The molecule has 0 bridgehead atoms. The monoisotopic (exact) mass is 244 g/mol. The highest BCUT2D eigenvalue weighted by Crippen LogP contribution is 2.13. The summed E-state index contributed by atoms with van der Waals surface area (Å²) in [4.78, 5) is 12.0. The van der Waals surface area contributed by atoms with Crippen molar-refractivity contribution >= 4 is 5.78 Å². The Kier molecular flexibility index (Phi) is 3.95. The van der Waals surface area contributed by atoms with Crippen LogP contribution in [0.25, 0.3) is 0 Å². The van der Waals surface area contributed by atoms with Crippen molar-refractivity contribution in [2.45, 2.75) is 20.0 Å². The molecule has 0 N–H and O–H groups in total. The third kappa shape index (κ3) is 3.08. The molecule has 1 aromatic heterocycles. The van der Waals surface area contributed by atoms with Crippen LogP contribution in [-0.2, 0) is 17.8 Å². The standard InChI is InChI=1S/C15H16O3/c1-11-4-3-5-12(8-11)9-14(16)15-7-6-13(18-15)10-17-2/h3-8H,9-10H2,1-2H3. The largest absolute Gasteiger partial charge is 0.456 e. The minimum Gasteiger partial charge on any atom is -0.456 e. The first-order valence-electron chi connectivity index (χ1n) is 5.85. The lowest BCUT2D eigenvalue weighted by Crippen LogP contribution is -2.02. The summed E-state index contributed by atoms with van der Waals surface area (Å²) in [6.45, 7) is 2.40. The Hall–Kier alpha value is -1.87. The lowest BCUT2D eigenvalue weighted by atomic mass is 10.1. The zero-order valence-corrected chi connectivity index (χ0v) is 10.6. The Labute approximate surface area is 106 Å². The second kappa shape index (κ2) is 5.65. The number of Topliss-reactive ketones (excluding diaryl/α,β-unsaturated/α-hetero) is 1. The highest BCUT2D eigenvalue weighted by Gasteiger charge is 2.12. The van der Waals surface area contributed by atoms with Crippen molar-refractivity contribution in [1.29, 1.82) is 0 Å². The number of hydrogen-bond acceptors (Lipinski definition) is 3. The van der Waals surface area contributed by atoms with Crippen LogP contribution < -0.4 is 0 Å². The van der Waals surface area contributed by atoms with E-state index in [4.69, 9.17) is 9.15 Å². The second-order valence-electron chi connectivity index (χ2n) is 4.29. The lowest BCUT2D eigenvalue weighted by molar-refractivity contribution is 0.0957. The molecule has 0 spiro atoms. The zero-order valence-electron chi connectivity index (χ0n) is 10.6. The van der Waals surface area contributed by atoms with Gasteiger partial charge in [-0.1, -0.05) is 29.8 Å². The number of methoxy groups -OCH3 is 1. The summed E-state index contributed by atoms with van der Waals surface area (Å²) in [5.74, 6) is 1.05. The van der Waals surface area contributed by atoms with E-state index in [0.717, 1.165) is 11.1 Å². The third-order valence-corrected chi connectivity index (χ3v) is 2.67. The summed E-state index contributed by atoms with van der Waals surface area (Å²) in [5, 5.41) is 0. The van der Waals surface area contributed by atoms with Gasteiger partial charge in [0, 0.05) is 13.5 Å². The van der Waals surface area contributed by atoms with Crippen LogP contribution in [-0.4, -0.2) is 12.9 Å². The Morgan fingerprint density at radius 3 is 2.83 bits per heavy atom. The fraction of sp³-hybridized carbons (Fsp3) is 0.267. The number of ketones is 1. The molecule has 3 nitrogen and oxygen atoms in total. The van der Waals surface area contributed by atoms with Crippen LogP contribution in [0.3, 0.4) is 0 Å². The van der Waals surface area contributed by atoms with Crippen LogP contribution in [0, 0.1) is 6.92 Å². The van der Waals surface area contributed by atoms with Crippen molar-refractivity contribution in [2.24, 2.45) is 0 Å². The molecule has 0 aliphatic heterocycles. The highest BCUT2D eigenvalue weighted by molar-refractivity contribution is 5.95. The summed E-state index contributed by atoms with van der Waals surface area (Å²) in [5.41, 5.74) is 2.16. The molecular weight excluding hydrogens is 228 g/mol. The average Bonchev–Trinajstić information content (AvgIpc) is 2.78. The normalized spacial score (nSPS) is 10.6. The maximum absolute atomic E-state index is 12.0. The molecule has 0 aliphatic rings. The van der Waals surface area contributed by atoms with Crippen LogP contribution in [0.1, 0.15) is 27.4 Å². The van der Waals surface area contributed by atoms with Gasteiger partial charge in [-0.05, 0) is 24.6 Å². The van der Waals surface area contributed by atoms with E-state index in [0.29, 0.717) is 24.5 Å². The molecule has 94 valence electrons. The molecule has 0 radical (unpaired) electrons. The highest BCUT2D eigenvalue weighted by atomic mass is 16.5. The van der Waals surface area contributed by atoms with E-state index >= 15 is 0 Å². The molecular formula is C15H16O3. The Bertz CT molecular complexity index is 540. The molecule has 0 saturated heterocycles. The Morgan fingerprint density at radius 2 is 2.11 bits per heavy atom. The third-order valence-electron chi connectivity index (χ3n) is 2.67. The van der Waals surface area contributed by atoms with Gasteiger partial charge in [-0.15, -0.1) is 0 Å². The topological polar surface area (TPSA) is 39.4 Å². The van der Waals surface area contributed by atoms with Gasteiger partial charge in [-0.3, -0.25) is 4.79 Å². The van der Waals surface area contributed by atoms with Crippen molar-refractivity contribution in [2.75, 3.05) is 7.11 Å².